The average molecular weight is 359 g/mol. The van der Waals surface area contributed by atoms with E-state index in [4.69, 9.17) is 11.6 Å². The molecule has 1 fully saturated rings. The minimum atomic E-state index is -3.36. The molecule has 2 heterocycles. The maximum absolute atomic E-state index is 12.4. The number of sulfonamides is 1. The van der Waals surface area contributed by atoms with E-state index in [2.05, 4.69) is 15.9 Å². The monoisotopic (exact) mass is 357 g/mol. The SMILES string of the molecule is Cc1cc(S(=O)(=O)N2CCCC2CBr)sc1Cl. The molecule has 1 aliphatic rings. The van der Waals surface area contributed by atoms with Gasteiger partial charge in [0.1, 0.15) is 4.21 Å². The van der Waals surface area contributed by atoms with Crippen molar-refractivity contribution in [1.82, 2.24) is 4.31 Å². The Morgan fingerprint density at radius 3 is 2.88 bits per heavy atom. The van der Waals surface area contributed by atoms with Crippen molar-refractivity contribution in [1.29, 1.82) is 0 Å². The van der Waals surface area contributed by atoms with Crippen LogP contribution in [0.15, 0.2) is 10.3 Å². The molecule has 1 aromatic rings. The van der Waals surface area contributed by atoms with Gasteiger partial charge in [0.25, 0.3) is 10.0 Å². The van der Waals surface area contributed by atoms with Crippen LogP contribution in [0.4, 0.5) is 0 Å². The molecular formula is C10H13BrClNO2S2. The van der Waals surface area contributed by atoms with Crippen LogP contribution in [-0.4, -0.2) is 30.6 Å². The van der Waals surface area contributed by atoms with Gasteiger partial charge < -0.3 is 0 Å². The summed E-state index contributed by atoms with van der Waals surface area (Å²) < 4.78 is 27.3. The van der Waals surface area contributed by atoms with Gasteiger partial charge in [-0.15, -0.1) is 11.3 Å². The van der Waals surface area contributed by atoms with Gasteiger partial charge in [0.15, 0.2) is 0 Å². The number of rotatable bonds is 3. The first-order chi connectivity index (χ1) is 7.96. The molecule has 0 bridgehead atoms. The van der Waals surface area contributed by atoms with Gasteiger partial charge in [0, 0.05) is 17.9 Å². The van der Waals surface area contributed by atoms with Gasteiger partial charge in [0.05, 0.1) is 4.34 Å². The maximum atomic E-state index is 12.4. The lowest BCUT2D eigenvalue weighted by molar-refractivity contribution is 0.415. The topological polar surface area (TPSA) is 37.4 Å². The third-order valence-electron chi connectivity index (χ3n) is 2.90. The van der Waals surface area contributed by atoms with Crippen LogP contribution in [0.5, 0.6) is 0 Å². The largest absolute Gasteiger partial charge is 0.252 e. The fourth-order valence-corrected chi connectivity index (χ4v) is 6.35. The summed E-state index contributed by atoms with van der Waals surface area (Å²) in [6, 6.07) is 1.73. The van der Waals surface area contributed by atoms with Crippen molar-refractivity contribution in [2.75, 3.05) is 11.9 Å². The van der Waals surface area contributed by atoms with E-state index in [0.29, 0.717) is 20.4 Å². The van der Waals surface area contributed by atoms with Crippen molar-refractivity contribution < 1.29 is 8.42 Å². The van der Waals surface area contributed by atoms with Gasteiger partial charge in [-0.05, 0) is 31.4 Å². The van der Waals surface area contributed by atoms with E-state index >= 15 is 0 Å². The zero-order chi connectivity index (χ0) is 12.6. The lowest BCUT2D eigenvalue weighted by Gasteiger charge is -2.21. The number of thiophene rings is 1. The van der Waals surface area contributed by atoms with Crippen molar-refractivity contribution >= 4 is 48.9 Å². The first-order valence-electron chi connectivity index (χ1n) is 5.30. The van der Waals surface area contributed by atoms with Crippen LogP contribution in [0, 0.1) is 6.92 Å². The number of nitrogens with zero attached hydrogens (tertiary/aromatic N) is 1. The Morgan fingerprint density at radius 1 is 1.65 bits per heavy atom. The Bertz CT molecular complexity index is 495. The zero-order valence-corrected chi connectivity index (χ0v) is 13.3. The van der Waals surface area contributed by atoms with E-state index in [1.165, 1.54) is 0 Å². The quantitative estimate of drug-likeness (QED) is 0.778. The van der Waals surface area contributed by atoms with E-state index in [1.54, 1.807) is 10.4 Å². The molecule has 17 heavy (non-hydrogen) atoms. The number of alkyl halides is 1. The lowest BCUT2D eigenvalue weighted by atomic mass is 10.3. The van der Waals surface area contributed by atoms with E-state index in [1.807, 2.05) is 6.92 Å². The number of hydrogen-bond acceptors (Lipinski definition) is 3. The molecule has 0 N–H and O–H groups in total. The number of aryl methyl sites for hydroxylation is 1. The molecule has 1 aliphatic heterocycles. The first kappa shape index (κ1) is 13.8. The molecule has 0 aliphatic carbocycles. The summed E-state index contributed by atoms with van der Waals surface area (Å²) in [5.41, 5.74) is 0.824. The van der Waals surface area contributed by atoms with Crippen LogP contribution in [0.3, 0.4) is 0 Å². The Labute approximate surface area is 119 Å². The Kier molecular flexibility index (Phi) is 4.20. The maximum Gasteiger partial charge on any atom is 0.252 e. The van der Waals surface area contributed by atoms with E-state index in [0.717, 1.165) is 29.7 Å². The summed E-state index contributed by atoms with van der Waals surface area (Å²) in [6.45, 7) is 2.43. The number of hydrogen-bond donors (Lipinski definition) is 0. The molecule has 1 saturated heterocycles. The van der Waals surface area contributed by atoms with Crippen LogP contribution in [0.1, 0.15) is 18.4 Å². The third-order valence-corrected chi connectivity index (χ3v) is 7.60. The van der Waals surface area contributed by atoms with E-state index in [-0.39, 0.29) is 6.04 Å². The predicted octanol–water partition coefficient (Wildman–Crippen LogP) is 3.26. The molecule has 0 amide bonds. The molecule has 96 valence electrons. The van der Waals surface area contributed by atoms with E-state index in [9.17, 15) is 8.42 Å². The minimum Gasteiger partial charge on any atom is -0.206 e. The van der Waals surface area contributed by atoms with Gasteiger partial charge in [-0.2, -0.15) is 4.31 Å². The second-order valence-electron chi connectivity index (χ2n) is 4.09. The van der Waals surface area contributed by atoms with Crippen molar-refractivity contribution in [2.45, 2.75) is 30.0 Å². The van der Waals surface area contributed by atoms with Crippen LogP contribution in [0.2, 0.25) is 4.34 Å². The van der Waals surface area contributed by atoms with Crippen molar-refractivity contribution in [3.05, 3.63) is 16.0 Å². The highest BCUT2D eigenvalue weighted by Gasteiger charge is 2.35. The summed E-state index contributed by atoms with van der Waals surface area (Å²) in [5.74, 6) is 0. The fraction of sp³-hybridized carbons (Fsp3) is 0.600. The molecule has 2 rings (SSSR count). The highest BCUT2D eigenvalue weighted by atomic mass is 79.9. The van der Waals surface area contributed by atoms with Gasteiger partial charge >= 0.3 is 0 Å². The first-order valence-corrected chi connectivity index (χ1v) is 9.06. The summed E-state index contributed by atoms with van der Waals surface area (Å²) in [6.07, 6.45) is 1.84. The summed E-state index contributed by atoms with van der Waals surface area (Å²) >= 11 is 10.5. The lowest BCUT2D eigenvalue weighted by Crippen LogP contribution is -2.36. The molecule has 1 unspecified atom stereocenters. The molecule has 1 aromatic heterocycles. The summed E-state index contributed by atoms with van der Waals surface area (Å²) in [5, 5.41) is 0.685. The molecule has 7 heteroatoms. The van der Waals surface area contributed by atoms with Crippen LogP contribution < -0.4 is 0 Å². The molecule has 0 radical (unpaired) electrons. The minimum absolute atomic E-state index is 0.0705. The Morgan fingerprint density at radius 2 is 2.35 bits per heavy atom. The van der Waals surface area contributed by atoms with Crippen molar-refractivity contribution in [3.63, 3.8) is 0 Å². The van der Waals surface area contributed by atoms with Crippen molar-refractivity contribution in [3.8, 4) is 0 Å². The molecule has 0 saturated carbocycles. The fourth-order valence-electron chi connectivity index (χ4n) is 1.95. The smallest absolute Gasteiger partial charge is 0.206 e. The number of halogens is 2. The zero-order valence-electron chi connectivity index (χ0n) is 9.32. The standard InChI is InChI=1S/C10H13BrClNO2S2/c1-7-5-9(16-10(7)12)17(14,15)13-4-2-3-8(13)6-11/h5,8H,2-4,6H2,1H3. The Balaban J connectivity index is 2.36. The molecule has 1 atom stereocenters. The van der Waals surface area contributed by atoms with Crippen LogP contribution in [-0.2, 0) is 10.0 Å². The van der Waals surface area contributed by atoms with Gasteiger partial charge in [-0.3, -0.25) is 0 Å². The Hall–Kier alpha value is 0.380. The highest BCUT2D eigenvalue weighted by molar-refractivity contribution is 9.09. The highest BCUT2D eigenvalue weighted by Crippen LogP contribution is 2.34. The van der Waals surface area contributed by atoms with Crippen LogP contribution >= 0.6 is 38.9 Å². The van der Waals surface area contributed by atoms with Crippen LogP contribution in [0.25, 0.3) is 0 Å². The van der Waals surface area contributed by atoms with Gasteiger partial charge in [0.2, 0.25) is 0 Å². The van der Waals surface area contributed by atoms with E-state index < -0.39 is 10.0 Å². The second-order valence-corrected chi connectivity index (χ2v) is 8.51. The van der Waals surface area contributed by atoms with Gasteiger partial charge in [-0.25, -0.2) is 8.42 Å². The summed E-state index contributed by atoms with van der Waals surface area (Å²) in [7, 11) is -3.36. The average Bonchev–Trinajstić information content (AvgIpc) is 2.86. The predicted molar refractivity (Wildman–Crippen MR) is 74.8 cm³/mol. The van der Waals surface area contributed by atoms with Crippen molar-refractivity contribution in [2.24, 2.45) is 0 Å². The normalized spacial score (nSPS) is 22.2. The molecular weight excluding hydrogens is 346 g/mol. The van der Waals surface area contributed by atoms with Gasteiger partial charge in [-0.1, -0.05) is 27.5 Å². The molecule has 3 nitrogen and oxygen atoms in total. The third kappa shape index (κ3) is 2.56. The summed E-state index contributed by atoms with van der Waals surface area (Å²) in [4.78, 5) is 0. The molecule has 0 spiro atoms. The molecule has 0 aromatic carbocycles. The second kappa shape index (κ2) is 5.17.